The molecule has 0 saturated heterocycles. The molecule has 0 aliphatic heterocycles. The molecule has 218 valence electrons. The van der Waals surface area contributed by atoms with Crippen molar-refractivity contribution in [3.63, 3.8) is 0 Å². The molecule has 0 heterocycles. The van der Waals surface area contributed by atoms with Crippen LogP contribution in [0.25, 0.3) is 32.7 Å². The van der Waals surface area contributed by atoms with Gasteiger partial charge in [-0.2, -0.15) is 0 Å². The van der Waals surface area contributed by atoms with Gasteiger partial charge in [-0.1, -0.05) is 188 Å². The fraction of sp³-hybridized carbons (Fsp3) is 0. The Hall–Kier alpha value is -4.86. The predicted octanol–water partition coefficient (Wildman–Crippen LogP) is 9.18. The second kappa shape index (κ2) is 12.9. The van der Waals surface area contributed by atoms with E-state index in [1.54, 1.807) is 0 Å². The van der Waals surface area contributed by atoms with Crippen LogP contribution >= 0.6 is 15.8 Å². The van der Waals surface area contributed by atoms with E-state index in [9.17, 15) is 0 Å². The van der Waals surface area contributed by atoms with Crippen molar-refractivity contribution in [2.45, 2.75) is 0 Å². The smallest absolute Gasteiger partial charge is 0.00177 e. The molecule has 0 amide bonds. The first-order chi connectivity index (χ1) is 22.9. The Balaban J connectivity index is 1.59. The topological polar surface area (TPSA) is 0 Å². The van der Waals surface area contributed by atoms with Crippen LogP contribution in [0.3, 0.4) is 0 Å². The summed E-state index contributed by atoms with van der Waals surface area (Å²) in [6.45, 7) is 0. The van der Waals surface area contributed by atoms with Gasteiger partial charge in [0.1, 0.15) is 0 Å². The summed E-state index contributed by atoms with van der Waals surface area (Å²) in [5.41, 5.74) is 2.64. The van der Waals surface area contributed by atoms with Gasteiger partial charge in [-0.3, -0.25) is 0 Å². The lowest BCUT2D eigenvalue weighted by molar-refractivity contribution is 1.71. The van der Waals surface area contributed by atoms with Gasteiger partial charge in [0.05, 0.1) is 0 Å². The van der Waals surface area contributed by atoms with Gasteiger partial charge in [0, 0.05) is 5.30 Å². The van der Waals surface area contributed by atoms with E-state index in [0.717, 1.165) is 0 Å². The molecule has 0 fully saturated rings. The van der Waals surface area contributed by atoms with Crippen molar-refractivity contribution in [2.75, 3.05) is 0 Å². The first-order valence-corrected chi connectivity index (χ1v) is 18.4. The molecule has 46 heavy (non-hydrogen) atoms. The van der Waals surface area contributed by atoms with E-state index in [1.807, 2.05) is 0 Å². The maximum Gasteiger partial charge on any atom is 0.00177 e. The number of fused-ring (bicyclic) bond motifs is 2. The van der Waals surface area contributed by atoms with E-state index in [0.29, 0.717) is 0 Å². The lowest BCUT2D eigenvalue weighted by atomic mass is 9.94. The van der Waals surface area contributed by atoms with Gasteiger partial charge in [-0.25, -0.2) is 0 Å². The first-order valence-electron chi connectivity index (χ1n) is 15.7. The fourth-order valence-electron chi connectivity index (χ4n) is 6.58. The molecule has 0 aromatic heterocycles. The summed E-state index contributed by atoms with van der Waals surface area (Å²) >= 11 is 0. The van der Waals surface area contributed by atoms with Gasteiger partial charge < -0.3 is 0 Å². The highest BCUT2D eigenvalue weighted by Crippen LogP contribution is 2.45. The Morgan fingerprint density at radius 1 is 0.304 bits per heavy atom. The van der Waals surface area contributed by atoms with Gasteiger partial charge in [0.2, 0.25) is 0 Å². The van der Waals surface area contributed by atoms with Gasteiger partial charge in [-0.05, 0) is 81.1 Å². The van der Waals surface area contributed by atoms with Crippen LogP contribution in [0.2, 0.25) is 0 Å². The highest BCUT2D eigenvalue weighted by atomic mass is 31.1. The van der Waals surface area contributed by atoms with Crippen molar-refractivity contribution in [1.29, 1.82) is 0 Å². The molecule has 8 aromatic carbocycles. The summed E-state index contributed by atoms with van der Waals surface area (Å²) in [6.07, 6.45) is 0. The van der Waals surface area contributed by atoms with Gasteiger partial charge in [0.15, 0.2) is 0 Å². The summed E-state index contributed by atoms with van der Waals surface area (Å²) in [5.74, 6) is 0. The molecule has 0 spiro atoms. The molecule has 0 saturated carbocycles. The molecule has 8 rings (SSSR count). The van der Waals surface area contributed by atoms with Gasteiger partial charge in [-0.15, -0.1) is 0 Å². The van der Waals surface area contributed by atoms with Crippen LogP contribution in [0.1, 0.15) is 0 Å². The highest BCUT2D eigenvalue weighted by molar-refractivity contribution is 7.85. The Kier molecular flexibility index (Phi) is 8.00. The average molecular weight is 623 g/mol. The Morgan fingerprint density at radius 2 is 0.717 bits per heavy atom. The fourth-order valence-corrected chi connectivity index (χ4v) is 12.1. The van der Waals surface area contributed by atoms with Crippen LogP contribution in [0, 0.1) is 0 Å². The van der Waals surface area contributed by atoms with E-state index in [4.69, 9.17) is 0 Å². The van der Waals surface area contributed by atoms with Crippen LogP contribution in [0.5, 0.6) is 0 Å². The average Bonchev–Trinajstić information content (AvgIpc) is 3.13. The second-order valence-corrected chi connectivity index (χ2v) is 15.7. The van der Waals surface area contributed by atoms with Crippen molar-refractivity contribution >= 4 is 69.2 Å². The Bertz CT molecular complexity index is 2160. The van der Waals surface area contributed by atoms with Gasteiger partial charge >= 0.3 is 0 Å². The quantitative estimate of drug-likeness (QED) is 0.156. The van der Waals surface area contributed by atoms with E-state index < -0.39 is 15.8 Å². The zero-order chi connectivity index (χ0) is 30.7. The summed E-state index contributed by atoms with van der Waals surface area (Å²) in [7, 11) is -1.82. The summed E-state index contributed by atoms with van der Waals surface area (Å²) in [5, 5.41) is 13.4. The lowest BCUT2D eigenvalue weighted by Crippen LogP contribution is -2.36. The molecule has 0 aliphatic carbocycles. The predicted molar refractivity (Wildman–Crippen MR) is 204 cm³/mol. The van der Waals surface area contributed by atoms with Crippen LogP contribution in [0.4, 0.5) is 0 Å². The minimum absolute atomic E-state index is 0.887. The van der Waals surface area contributed by atoms with Crippen LogP contribution in [-0.4, -0.2) is 0 Å². The number of rotatable bonds is 7. The molecule has 0 radical (unpaired) electrons. The van der Waals surface area contributed by atoms with Crippen molar-refractivity contribution < 1.29 is 0 Å². The van der Waals surface area contributed by atoms with Crippen LogP contribution in [-0.2, 0) is 0 Å². The van der Waals surface area contributed by atoms with Crippen molar-refractivity contribution in [3.05, 3.63) is 194 Å². The summed E-state index contributed by atoms with van der Waals surface area (Å²) in [6, 6.07) is 71.9. The second-order valence-electron chi connectivity index (χ2n) is 11.4. The van der Waals surface area contributed by atoms with Crippen molar-refractivity contribution in [1.82, 2.24) is 0 Å². The third-order valence-electron chi connectivity index (χ3n) is 8.58. The zero-order valence-corrected chi connectivity index (χ0v) is 27.2. The number of benzene rings is 8. The van der Waals surface area contributed by atoms with Crippen LogP contribution < -0.4 is 31.8 Å². The molecular weight excluding hydrogens is 590 g/mol. The maximum atomic E-state index is 2.52. The minimum atomic E-state index is -0.937. The molecule has 0 N–H and O–H groups in total. The highest BCUT2D eigenvalue weighted by Gasteiger charge is 2.30. The standard InChI is InChI=1S/C44H32P2/c1-5-21-35(22-6-1)45(36-23-7-2-8-24-36)42-32-34-19-14-16-30-40(34)43(41-31-17-20-33-18-13-15-29-39(33)41)44(42)46(37-25-9-3-10-26-37)38-27-11-4-12-28-38/h1-32H. The largest absolute Gasteiger partial charge is 0.0622 e. The van der Waals surface area contributed by atoms with Crippen molar-refractivity contribution in [3.8, 4) is 11.1 Å². The monoisotopic (exact) mass is 622 g/mol. The molecule has 0 aliphatic rings. The Labute approximate surface area is 273 Å². The van der Waals surface area contributed by atoms with E-state index in [1.165, 1.54) is 64.5 Å². The number of hydrogen-bond donors (Lipinski definition) is 0. The SMILES string of the molecule is c1ccc(P(c2ccccc2)c2cc3ccccc3c(-c3cccc4ccccc34)c2P(c2ccccc2)c2ccccc2)cc1. The van der Waals surface area contributed by atoms with E-state index >= 15 is 0 Å². The molecule has 0 atom stereocenters. The number of hydrogen-bond acceptors (Lipinski definition) is 0. The molecule has 0 unspecified atom stereocenters. The third kappa shape index (κ3) is 5.35. The molecule has 0 bridgehead atoms. The molecule has 0 nitrogen and oxygen atoms in total. The molecule has 8 aromatic rings. The Morgan fingerprint density at radius 3 is 1.26 bits per heavy atom. The minimum Gasteiger partial charge on any atom is -0.0622 e. The molecular formula is C44H32P2. The van der Waals surface area contributed by atoms with E-state index in [-0.39, 0.29) is 0 Å². The zero-order valence-electron chi connectivity index (χ0n) is 25.4. The summed E-state index contributed by atoms with van der Waals surface area (Å²) in [4.78, 5) is 0. The third-order valence-corrected chi connectivity index (χ3v) is 13.8. The van der Waals surface area contributed by atoms with Gasteiger partial charge in [0.25, 0.3) is 0 Å². The first kappa shape index (κ1) is 28.6. The normalized spacial score (nSPS) is 11.4. The maximum absolute atomic E-state index is 2.52. The summed E-state index contributed by atoms with van der Waals surface area (Å²) < 4.78 is 0. The van der Waals surface area contributed by atoms with Crippen LogP contribution in [0.15, 0.2) is 194 Å². The van der Waals surface area contributed by atoms with Crippen molar-refractivity contribution in [2.24, 2.45) is 0 Å². The van der Waals surface area contributed by atoms with E-state index in [2.05, 4.69) is 194 Å². The molecule has 2 heteroatoms. The lowest BCUT2D eigenvalue weighted by Gasteiger charge is -2.31.